The molecule has 0 fully saturated rings. The summed E-state index contributed by atoms with van der Waals surface area (Å²) < 4.78 is 0. The van der Waals surface area contributed by atoms with E-state index in [1.165, 1.54) is 0 Å². The van der Waals surface area contributed by atoms with Crippen molar-refractivity contribution in [2.45, 2.75) is 20.8 Å². The van der Waals surface area contributed by atoms with Crippen LogP contribution in [0.2, 0.25) is 0 Å². The van der Waals surface area contributed by atoms with Crippen LogP contribution in [0.3, 0.4) is 0 Å². The third kappa shape index (κ3) is 3.49. The van der Waals surface area contributed by atoms with Crippen LogP contribution in [-0.2, 0) is 4.79 Å². The minimum Gasteiger partial charge on any atom is -0.337 e. The van der Waals surface area contributed by atoms with Gasteiger partial charge in [-0.25, -0.2) is 0 Å². The molecule has 0 saturated heterocycles. The van der Waals surface area contributed by atoms with Gasteiger partial charge in [-0.15, -0.1) is 0 Å². The van der Waals surface area contributed by atoms with Gasteiger partial charge < -0.3 is 4.90 Å². The summed E-state index contributed by atoms with van der Waals surface area (Å²) in [6, 6.07) is 0. The van der Waals surface area contributed by atoms with Crippen LogP contribution in [0.4, 0.5) is 0 Å². The van der Waals surface area contributed by atoms with E-state index in [-0.39, 0.29) is 0 Å². The third-order valence-corrected chi connectivity index (χ3v) is 1.86. The van der Waals surface area contributed by atoms with E-state index in [2.05, 4.69) is 20.8 Å². The molecule has 0 aliphatic rings. The summed E-state index contributed by atoms with van der Waals surface area (Å²) >= 11 is 0. The SMILES string of the molecule is CC(C)C(C)CN(C)[C]=O. The van der Waals surface area contributed by atoms with Crippen molar-refractivity contribution in [2.24, 2.45) is 11.8 Å². The Labute approximate surface area is 63.2 Å². The maximum atomic E-state index is 10.1. The molecule has 0 rings (SSSR count). The third-order valence-electron chi connectivity index (χ3n) is 1.86. The molecule has 2 heteroatoms. The van der Waals surface area contributed by atoms with E-state index in [4.69, 9.17) is 0 Å². The smallest absolute Gasteiger partial charge is 0.311 e. The zero-order valence-electron chi connectivity index (χ0n) is 7.22. The van der Waals surface area contributed by atoms with E-state index >= 15 is 0 Å². The number of hydrogen-bond acceptors (Lipinski definition) is 1. The van der Waals surface area contributed by atoms with Crippen molar-refractivity contribution in [2.75, 3.05) is 13.6 Å². The summed E-state index contributed by atoms with van der Waals surface area (Å²) in [5, 5.41) is 0. The molecule has 0 spiro atoms. The highest BCUT2D eigenvalue weighted by atomic mass is 16.1. The van der Waals surface area contributed by atoms with Gasteiger partial charge in [-0.05, 0) is 11.8 Å². The van der Waals surface area contributed by atoms with Crippen molar-refractivity contribution in [1.82, 2.24) is 4.90 Å². The number of amides is 1. The van der Waals surface area contributed by atoms with Gasteiger partial charge >= 0.3 is 6.41 Å². The van der Waals surface area contributed by atoms with Crippen LogP contribution in [0.15, 0.2) is 0 Å². The van der Waals surface area contributed by atoms with E-state index in [0.29, 0.717) is 11.8 Å². The first-order chi connectivity index (χ1) is 4.57. The van der Waals surface area contributed by atoms with E-state index in [9.17, 15) is 4.79 Å². The average Bonchev–Trinajstić information content (AvgIpc) is 1.87. The second kappa shape index (κ2) is 4.31. The van der Waals surface area contributed by atoms with E-state index in [0.717, 1.165) is 6.54 Å². The molecule has 0 N–H and O–H groups in total. The van der Waals surface area contributed by atoms with Crippen LogP contribution in [0.1, 0.15) is 20.8 Å². The van der Waals surface area contributed by atoms with Crippen LogP contribution in [0.25, 0.3) is 0 Å². The molecule has 2 nitrogen and oxygen atoms in total. The minimum absolute atomic E-state index is 0.562. The number of nitrogens with zero attached hydrogens (tertiary/aromatic N) is 1. The summed E-state index contributed by atoms with van der Waals surface area (Å²) in [6.07, 6.45) is 1.83. The molecule has 0 aliphatic carbocycles. The molecular weight excluding hydrogens is 126 g/mol. The molecule has 0 saturated carbocycles. The Morgan fingerprint density at radius 2 is 1.90 bits per heavy atom. The molecule has 59 valence electrons. The van der Waals surface area contributed by atoms with Crippen LogP contribution in [0, 0.1) is 11.8 Å². The van der Waals surface area contributed by atoms with Crippen LogP contribution < -0.4 is 0 Å². The Kier molecular flexibility index (Phi) is 4.08. The van der Waals surface area contributed by atoms with Gasteiger partial charge in [0.15, 0.2) is 0 Å². The summed E-state index contributed by atoms with van der Waals surface area (Å²) in [4.78, 5) is 11.6. The highest BCUT2D eigenvalue weighted by Crippen LogP contribution is 2.09. The maximum absolute atomic E-state index is 10.1. The topological polar surface area (TPSA) is 20.3 Å². The van der Waals surface area contributed by atoms with Crippen LogP contribution in [0.5, 0.6) is 0 Å². The Hall–Kier alpha value is -0.530. The molecule has 1 radical (unpaired) electrons. The fourth-order valence-corrected chi connectivity index (χ4v) is 0.680. The van der Waals surface area contributed by atoms with Gasteiger partial charge in [-0.1, -0.05) is 20.8 Å². The second-order valence-electron chi connectivity index (χ2n) is 3.19. The lowest BCUT2D eigenvalue weighted by atomic mass is 9.98. The first kappa shape index (κ1) is 9.47. The van der Waals surface area contributed by atoms with E-state index < -0.39 is 0 Å². The zero-order valence-corrected chi connectivity index (χ0v) is 7.22. The van der Waals surface area contributed by atoms with Crippen molar-refractivity contribution in [3.8, 4) is 0 Å². The lowest BCUT2D eigenvalue weighted by Crippen LogP contribution is -2.25. The van der Waals surface area contributed by atoms with Crippen LogP contribution in [-0.4, -0.2) is 24.9 Å². The first-order valence-electron chi connectivity index (χ1n) is 3.66. The monoisotopic (exact) mass is 142 g/mol. The van der Waals surface area contributed by atoms with Gasteiger partial charge in [0.1, 0.15) is 0 Å². The number of carbonyl (C=O) groups excluding carboxylic acids is 1. The summed E-state index contributed by atoms with van der Waals surface area (Å²) in [6.45, 7) is 7.26. The Morgan fingerprint density at radius 3 is 2.20 bits per heavy atom. The molecular formula is C8H16NO. The predicted octanol–water partition coefficient (Wildman–Crippen LogP) is 1.28. The maximum Gasteiger partial charge on any atom is 0.311 e. The summed E-state index contributed by atoms with van der Waals surface area (Å²) in [7, 11) is 1.76. The van der Waals surface area contributed by atoms with Gasteiger partial charge in [-0.2, -0.15) is 0 Å². The average molecular weight is 142 g/mol. The standard InChI is InChI=1S/C8H16NO/c1-7(2)8(3)5-9(4)6-10/h7-8H,5H2,1-4H3. The van der Waals surface area contributed by atoms with Crippen molar-refractivity contribution >= 4 is 6.41 Å². The fraction of sp³-hybridized carbons (Fsp3) is 0.875. The highest BCUT2D eigenvalue weighted by molar-refractivity contribution is 5.47. The van der Waals surface area contributed by atoms with Gasteiger partial charge in [0, 0.05) is 13.6 Å². The van der Waals surface area contributed by atoms with Gasteiger partial charge in [0.25, 0.3) is 0 Å². The van der Waals surface area contributed by atoms with E-state index in [1.807, 2.05) is 6.41 Å². The molecule has 0 bridgehead atoms. The van der Waals surface area contributed by atoms with Crippen molar-refractivity contribution in [3.05, 3.63) is 0 Å². The number of rotatable bonds is 4. The van der Waals surface area contributed by atoms with Gasteiger partial charge in [-0.3, -0.25) is 4.79 Å². The van der Waals surface area contributed by atoms with Crippen LogP contribution >= 0.6 is 0 Å². The molecule has 0 aromatic carbocycles. The molecule has 1 unspecified atom stereocenters. The number of hydrogen-bond donors (Lipinski definition) is 0. The molecule has 10 heavy (non-hydrogen) atoms. The fourth-order valence-electron chi connectivity index (χ4n) is 0.680. The van der Waals surface area contributed by atoms with Crippen molar-refractivity contribution in [1.29, 1.82) is 0 Å². The van der Waals surface area contributed by atoms with E-state index in [1.54, 1.807) is 11.9 Å². The summed E-state index contributed by atoms with van der Waals surface area (Å²) in [5.74, 6) is 1.20. The van der Waals surface area contributed by atoms with Gasteiger partial charge in [0.05, 0.1) is 0 Å². The van der Waals surface area contributed by atoms with Crippen molar-refractivity contribution < 1.29 is 4.79 Å². The zero-order chi connectivity index (χ0) is 8.15. The molecule has 0 aliphatic heterocycles. The lowest BCUT2D eigenvalue weighted by molar-refractivity contribution is 0.317. The quantitative estimate of drug-likeness (QED) is 0.541. The summed E-state index contributed by atoms with van der Waals surface area (Å²) in [5.41, 5.74) is 0. The Balaban J connectivity index is 3.56. The van der Waals surface area contributed by atoms with Crippen molar-refractivity contribution in [3.63, 3.8) is 0 Å². The largest absolute Gasteiger partial charge is 0.337 e. The first-order valence-corrected chi connectivity index (χ1v) is 3.66. The molecule has 1 atom stereocenters. The highest BCUT2D eigenvalue weighted by Gasteiger charge is 2.08. The normalized spacial score (nSPS) is 13.3. The molecule has 0 aromatic rings. The van der Waals surface area contributed by atoms with Gasteiger partial charge in [0.2, 0.25) is 0 Å². The predicted molar refractivity (Wildman–Crippen MR) is 42.3 cm³/mol. The molecule has 1 amide bonds. The molecule has 0 aromatic heterocycles. The second-order valence-corrected chi connectivity index (χ2v) is 3.19. The lowest BCUT2D eigenvalue weighted by Gasteiger charge is -2.19. The molecule has 0 heterocycles. The Bertz CT molecular complexity index is 101. The minimum atomic E-state index is 0.562. The Morgan fingerprint density at radius 1 is 1.40 bits per heavy atom.